The van der Waals surface area contributed by atoms with Crippen molar-refractivity contribution >= 4 is 5.91 Å². The van der Waals surface area contributed by atoms with Crippen LogP contribution >= 0.6 is 0 Å². The molecule has 1 N–H and O–H groups in total. The maximum Gasteiger partial charge on any atom is 0.220 e. The van der Waals surface area contributed by atoms with Gasteiger partial charge in [0.1, 0.15) is 5.76 Å². The van der Waals surface area contributed by atoms with Crippen LogP contribution in [0.25, 0.3) is 0 Å². The fourth-order valence-electron chi connectivity index (χ4n) is 2.56. The highest BCUT2D eigenvalue weighted by atomic mass is 16.3. The summed E-state index contributed by atoms with van der Waals surface area (Å²) in [6, 6.07) is 12.5. The van der Waals surface area contributed by atoms with E-state index in [4.69, 9.17) is 4.42 Å². The molecule has 0 spiro atoms. The lowest BCUT2D eigenvalue weighted by atomic mass is 10.0. The predicted octanol–water partition coefficient (Wildman–Crippen LogP) is 3.19. The fourth-order valence-corrected chi connectivity index (χ4v) is 2.56. The number of carbonyl (C=O) groups excluding carboxylic acids is 1. The van der Waals surface area contributed by atoms with Gasteiger partial charge in [0.25, 0.3) is 0 Å². The number of carbonyl (C=O) groups is 1. The summed E-state index contributed by atoms with van der Waals surface area (Å²) in [5.41, 5.74) is 2.55. The second-order valence-corrected chi connectivity index (χ2v) is 5.96. The van der Waals surface area contributed by atoms with Gasteiger partial charge in [0, 0.05) is 19.4 Å². The number of hydrogen-bond donors (Lipinski definition) is 1. The van der Waals surface area contributed by atoms with E-state index in [0.717, 1.165) is 12.2 Å². The summed E-state index contributed by atoms with van der Waals surface area (Å²) in [4.78, 5) is 14.2. The van der Waals surface area contributed by atoms with Crippen molar-refractivity contribution in [2.75, 3.05) is 20.6 Å². The first-order chi connectivity index (χ1) is 11.1. The van der Waals surface area contributed by atoms with E-state index in [9.17, 15) is 4.79 Å². The second kappa shape index (κ2) is 8.53. The second-order valence-electron chi connectivity index (χ2n) is 5.96. The Balaban J connectivity index is 1.87. The molecule has 4 heteroatoms. The van der Waals surface area contributed by atoms with Crippen LogP contribution in [0.2, 0.25) is 0 Å². The van der Waals surface area contributed by atoms with Gasteiger partial charge in [0.05, 0.1) is 12.3 Å². The molecule has 2 aromatic rings. The van der Waals surface area contributed by atoms with Crippen molar-refractivity contribution in [2.24, 2.45) is 0 Å². The van der Waals surface area contributed by atoms with E-state index in [-0.39, 0.29) is 11.9 Å². The van der Waals surface area contributed by atoms with Gasteiger partial charge in [-0.25, -0.2) is 0 Å². The quantitative estimate of drug-likeness (QED) is 0.814. The molecule has 0 fully saturated rings. The normalized spacial score (nSPS) is 12.3. The Morgan fingerprint density at radius 3 is 2.52 bits per heavy atom. The minimum Gasteiger partial charge on any atom is -0.469 e. The zero-order chi connectivity index (χ0) is 16.7. The number of amides is 1. The molecule has 2 rings (SSSR count). The van der Waals surface area contributed by atoms with Gasteiger partial charge in [-0.3, -0.25) is 4.79 Å². The van der Waals surface area contributed by atoms with Gasteiger partial charge in [-0.1, -0.05) is 31.2 Å². The topological polar surface area (TPSA) is 45.5 Å². The van der Waals surface area contributed by atoms with Gasteiger partial charge in [0.15, 0.2) is 0 Å². The molecule has 124 valence electrons. The van der Waals surface area contributed by atoms with E-state index in [1.165, 1.54) is 11.1 Å². The highest BCUT2D eigenvalue weighted by Gasteiger charge is 2.15. The van der Waals surface area contributed by atoms with Gasteiger partial charge in [0.2, 0.25) is 5.91 Å². The Morgan fingerprint density at radius 2 is 1.96 bits per heavy atom. The average Bonchev–Trinajstić information content (AvgIpc) is 3.07. The number of hydrogen-bond acceptors (Lipinski definition) is 3. The maximum atomic E-state index is 12.0. The van der Waals surface area contributed by atoms with Crippen molar-refractivity contribution in [1.29, 1.82) is 0 Å². The number of likely N-dealkylation sites (N-methyl/N-ethyl adjacent to an activating group) is 1. The Kier molecular flexibility index (Phi) is 6.41. The predicted molar refractivity (Wildman–Crippen MR) is 92.3 cm³/mol. The summed E-state index contributed by atoms with van der Waals surface area (Å²) in [7, 11) is 4.07. The summed E-state index contributed by atoms with van der Waals surface area (Å²) in [5, 5.41) is 3.03. The zero-order valence-corrected chi connectivity index (χ0v) is 14.2. The van der Waals surface area contributed by atoms with Crippen molar-refractivity contribution in [2.45, 2.75) is 32.2 Å². The lowest BCUT2D eigenvalue weighted by Crippen LogP contribution is -2.34. The first kappa shape index (κ1) is 17.3. The molecular formula is C19H26N2O2. The molecule has 23 heavy (non-hydrogen) atoms. The molecule has 0 bridgehead atoms. The lowest BCUT2D eigenvalue weighted by molar-refractivity contribution is -0.121. The van der Waals surface area contributed by atoms with Crippen molar-refractivity contribution in [3.63, 3.8) is 0 Å². The smallest absolute Gasteiger partial charge is 0.220 e. The van der Waals surface area contributed by atoms with E-state index in [2.05, 4.69) is 41.4 Å². The minimum atomic E-state index is 0.0541. The Morgan fingerprint density at radius 1 is 1.22 bits per heavy atom. The van der Waals surface area contributed by atoms with Crippen LogP contribution in [0.5, 0.6) is 0 Å². The van der Waals surface area contributed by atoms with Crippen LogP contribution in [-0.4, -0.2) is 31.4 Å². The third-order valence-electron chi connectivity index (χ3n) is 4.07. The number of furan rings is 1. The first-order valence-corrected chi connectivity index (χ1v) is 8.14. The average molecular weight is 314 g/mol. The van der Waals surface area contributed by atoms with Crippen LogP contribution in [0, 0.1) is 0 Å². The van der Waals surface area contributed by atoms with E-state index in [1.54, 1.807) is 6.26 Å². The van der Waals surface area contributed by atoms with Crippen LogP contribution in [0.3, 0.4) is 0 Å². The SMILES string of the molecule is CCc1ccc(C(CNC(=O)CCc2ccco2)N(C)C)cc1. The number of aryl methyl sites for hydroxylation is 2. The summed E-state index contributed by atoms with van der Waals surface area (Å²) in [6.07, 6.45) is 3.75. The molecule has 0 saturated carbocycles. The number of nitrogens with zero attached hydrogens (tertiary/aromatic N) is 1. The summed E-state index contributed by atoms with van der Waals surface area (Å²) in [6.45, 7) is 2.76. The van der Waals surface area contributed by atoms with Gasteiger partial charge in [-0.15, -0.1) is 0 Å². The summed E-state index contributed by atoms with van der Waals surface area (Å²) >= 11 is 0. The maximum absolute atomic E-state index is 12.0. The van der Waals surface area contributed by atoms with E-state index in [0.29, 0.717) is 19.4 Å². The fraction of sp³-hybridized carbons (Fsp3) is 0.421. The molecule has 4 nitrogen and oxygen atoms in total. The van der Waals surface area contributed by atoms with Gasteiger partial charge >= 0.3 is 0 Å². The van der Waals surface area contributed by atoms with Gasteiger partial charge in [-0.2, -0.15) is 0 Å². The molecule has 0 aliphatic rings. The van der Waals surface area contributed by atoms with Crippen LogP contribution in [0.4, 0.5) is 0 Å². The molecule has 1 unspecified atom stereocenters. The largest absolute Gasteiger partial charge is 0.469 e. The van der Waals surface area contributed by atoms with Crippen molar-refractivity contribution < 1.29 is 9.21 Å². The molecular weight excluding hydrogens is 288 g/mol. The van der Waals surface area contributed by atoms with Gasteiger partial charge < -0.3 is 14.6 Å². The summed E-state index contributed by atoms with van der Waals surface area (Å²) in [5.74, 6) is 0.901. The van der Waals surface area contributed by atoms with Crippen molar-refractivity contribution in [3.8, 4) is 0 Å². The number of benzene rings is 1. The van der Waals surface area contributed by atoms with E-state index >= 15 is 0 Å². The summed E-state index contributed by atoms with van der Waals surface area (Å²) < 4.78 is 5.25. The first-order valence-electron chi connectivity index (χ1n) is 8.14. The highest BCUT2D eigenvalue weighted by molar-refractivity contribution is 5.76. The lowest BCUT2D eigenvalue weighted by Gasteiger charge is -2.25. The van der Waals surface area contributed by atoms with Crippen LogP contribution in [0.1, 0.15) is 36.3 Å². The monoisotopic (exact) mass is 314 g/mol. The molecule has 1 aromatic heterocycles. The molecule has 0 radical (unpaired) electrons. The van der Waals surface area contributed by atoms with Crippen LogP contribution in [0.15, 0.2) is 47.1 Å². The van der Waals surface area contributed by atoms with Crippen molar-refractivity contribution in [1.82, 2.24) is 10.2 Å². The molecule has 0 aliphatic carbocycles. The van der Waals surface area contributed by atoms with Crippen molar-refractivity contribution in [3.05, 3.63) is 59.5 Å². The zero-order valence-electron chi connectivity index (χ0n) is 14.2. The number of nitrogens with one attached hydrogen (secondary N) is 1. The standard InChI is InChI=1S/C19H26N2O2/c1-4-15-7-9-16(10-8-15)18(21(2)3)14-20-19(22)12-11-17-6-5-13-23-17/h5-10,13,18H,4,11-12,14H2,1-3H3,(H,20,22). The minimum absolute atomic E-state index is 0.0541. The van der Waals surface area contributed by atoms with Gasteiger partial charge in [-0.05, 0) is 43.8 Å². The molecule has 0 aliphatic heterocycles. The van der Waals surface area contributed by atoms with Crippen LogP contribution in [-0.2, 0) is 17.6 Å². The van der Waals surface area contributed by atoms with E-state index < -0.39 is 0 Å². The van der Waals surface area contributed by atoms with Crippen LogP contribution < -0.4 is 5.32 Å². The molecule has 1 heterocycles. The molecule has 1 amide bonds. The molecule has 1 aromatic carbocycles. The Labute approximate surface area is 138 Å². The number of rotatable bonds is 8. The third-order valence-corrected chi connectivity index (χ3v) is 4.07. The third kappa shape index (κ3) is 5.25. The highest BCUT2D eigenvalue weighted by Crippen LogP contribution is 2.18. The molecule has 0 saturated heterocycles. The Bertz CT molecular complexity index is 588. The van der Waals surface area contributed by atoms with E-state index in [1.807, 2.05) is 26.2 Å². The molecule has 1 atom stereocenters. The Hall–Kier alpha value is -2.07.